The van der Waals surface area contributed by atoms with Crippen molar-refractivity contribution < 1.29 is 13.9 Å². The van der Waals surface area contributed by atoms with E-state index in [9.17, 15) is 9.18 Å². The number of nitrogens with zero attached hydrogens (tertiary/aromatic N) is 1. The third kappa shape index (κ3) is 4.00. The van der Waals surface area contributed by atoms with Gasteiger partial charge < -0.3 is 9.64 Å². The fourth-order valence-electron chi connectivity index (χ4n) is 3.06. The molecule has 122 valence electrons. The molecule has 1 amide bonds. The maximum Gasteiger partial charge on any atom is 0.263 e. The smallest absolute Gasteiger partial charge is 0.263 e. The fourth-order valence-corrected chi connectivity index (χ4v) is 3.50. The SMILES string of the molecule is CC(Oc1ccc(F)cc1Br)C(=O)N(C(C)C)C1CCCC1. The molecule has 0 heterocycles. The second-order valence-corrected chi connectivity index (χ2v) is 6.97. The van der Waals surface area contributed by atoms with Crippen LogP contribution in [0.25, 0.3) is 0 Å². The monoisotopic (exact) mass is 371 g/mol. The highest BCUT2D eigenvalue weighted by molar-refractivity contribution is 9.10. The maximum absolute atomic E-state index is 13.1. The average molecular weight is 372 g/mol. The van der Waals surface area contributed by atoms with Crippen LogP contribution in [0.4, 0.5) is 4.39 Å². The van der Waals surface area contributed by atoms with Crippen LogP contribution in [0.1, 0.15) is 46.5 Å². The van der Waals surface area contributed by atoms with Crippen molar-refractivity contribution in [3.8, 4) is 5.75 Å². The molecule has 1 atom stereocenters. The summed E-state index contributed by atoms with van der Waals surface area (Å²) in [5, 5.41) is 0. The van der Waals surface area contributed by atoms with Gasteiger partial charge in [-0.15, -0.1) is 0 Å². The van der Waals surface area contributed by atoms with Crippen molar-refractivity contribution in [3.05, 3.63) is 28.5 Å². The summed E-state index contributed by atoms with van der Waals surface area (Å²) in [6, 6.07) is 4.67. The number of hydrogen-bond acceptors (Lipinski definition) is 2. The second-order valence-electron chi connectivity index (χ2n) is 6.11. The molecule has 0 aromatic heterocycles. The summed E-state index contributed by atoms with van der Waals surface area (Å²) in [7, 11) is 0. The van der Waals surface area contributed by atoms with E-state index in [1.54, 1.807) is 13.0 Å². The van der Waals surface area contributed by atoms with Crippen molar-refractivity contribution in [2.75, 3.05) is 0 Å². The Morgan fingerprint density at radius 2 is 1.95 bits per heavy atom. The van der Waals surface area contributed by atoms with Crippen LogP contribution in [0.2, 0.25) is 0 Å². The molecule has 1 unspecified atom stereocenters. The van der Waals surface area contributed by atoms with E-state index in [-0.39, 0.29) is 17.8 Å². The molecular weight excluding hydrogens is 349 g/mol. The van der Waals surface area contributed by atoms with E-state index in [1.165, 1.54) is 25.0 Å². The number of carbonyl (C=O) groups excluding carboxylic acids is 1. The van der Waals surface area contributed by atoms with Gasteiger partial charge in [-0.25, -0.2) is 4.39 Å². The topological polar surface area (TPSA) is 29.5 Å². The lowest BCUT2D eigenvalue weighted by atomic mass is 10.1. The van der Waals surface area contributed by atoms with Crippen LogP contribution in [0.3, 0.4) is 0 Å². The molecule has 0 bridgehead atoms. The Labute approximate surface area is 140 Å². The largest absolute Gasteiger partial charge is 0.480 e. The fraction of sp³-hybridized carbons (Fsp3) is 0.588. The van der Waals surface area contributed by atoms with E-state index in [4.69, 9.17) is 4.74 Å². The zero-order chi connectivity index (χ0) is 16.3. The number of rotatable bonds is 5. The zero-order valence-corrected chi connectivity index (χ0v) is 14.9. The van der Waals surface area contributed by atoms with E-state index in [0.29, 0.717) is 16.3 Å². The number of ether oxygens (including phenoxy) is 1. The minimum atomic E-state index is -0.593. The van der Waals surface area contributed by atoms with Gasteiger partial charge in [0.15, 0.2) is 6.10 Å². The molecule has 0 saturated heterocycles. The van der Waals surface area contributed by atoms with Gasteiger partial charge in [-0.2, -0.15) is 0 Å². The van der Waals surface area contributed by atoms with Crippen LogP contribution < -0.4 is 4.74 Å². The van der Waals surface area contributed by atoms with Crippen molar-refractivity contribution in [2.24, 2.45) is 0 Å². The molecule has 1 aliphatic rings. The first kappa shape index (κ1) is 17.3. The minimum Gasteiger partial charge on any atom is -0.480 e. The van der Waals surface area contributed by atoms with Crippen molar-refractivity contribution >= 4 is 21.8 Å². The van der Waals surface area contributed by atoms with Gasteiger partial charge in [-0.05, 0) is 67.7 Å². The van der Waals surface area contributed by atoms with Crippen molar-refractivity contribution in [2.45, 2.75) is 64.6 Å². The molecule has 0 spiro atoms. The van der Waals surface area contributed by atoms with Gasteiger partial charge in [-0.1, -0.05) is 12.8 Å². The van der Waals surface area contributed by atoms with Crippen LogP contribution in [0, 0.1) is 5.82 Å². The van der Waals surface area contributed by atoms with E-state index in [0.717, 1.165) is 12.8 Å². The molecule has 2 rings (SSSR count). The van der Waals surface area contributed by atoms with Gasteiger partial charge in [0.1, 0.15) is 11.6 Å². The molecule has 0 radical (unpaired) electrons. The average Bonchev–Trinajstić information content (AvgIpc) is 2.95. The van der Waals surface area contributed by atoms with Gasteiger partial charge in [-0.3, -0.25) is 4.79 Å². The Kier molecular flexibility index (Phi) is 5.84. The Balaban J connectivity index is 2.09. The summed E-state index contributed by atoms with van der Waals surface area (Å²) < 4.78 is 19.4. The molecule has 1 aliphatic carbocycles. The van der Waals surface area contributed by atoms with Gasteiger partial charge in [0.05, 0.1) is 4.47 Å². The number of amides is 1. The van der Waals surface area contributed by atoms with E-state index < -0.39 is 6.10 Å². The van der Waals surface area contributed by atoms with Crippen molar-refractivity contribution in [1.82, 2.24) is 4.90 Å². The molecular formula is C17H23BrFNO2. The third-order valence-corrected chi connectivity index (χ3v) is 4.69. The molecule has 1 saturated carbocycles. The summed E-state index contributed by atoms with van der Waals surface area (Å²) in [5.41, 5.74) is 0. The summed E-state index contributed by atoms with van der Waals surface area (Å²) in [5.74, 6) is 0.142. The lowest BCUT2D eigenvalue weighted by Gasteiger charge is -2.34. The quantitative estimate of drug-likeness (QED) is 0.760. The first-order valence-electron chi connectivity index (χ1n) is 7.84. The molecule has 1 aromatic rings. The van der Waals surface area contributed by atoms with Gasteiger partial charge in [0.25, 0.3) is 5.91 Å². The molecule has 5 heteroatoms. The summed E-state index contributed by atoms with van der Waals surface area (Å²) >= 11 is 3.27. The van der Waals surface area contributed by atoms with Crippen LogP contribution in [0.15, 0.2) is 22.7 Å². The number of halogens is 2. The lowest BCUT2D eigenvalue weighted by molar-refractivity contribution is -0.142. The summed E-state index contributed by atoms with van der Waals surface area (Å²) in [4.78, 5) is 14.7. The summed E-state index contributed by atoms with van der Waals surface area (Å²) in [6.45, 7) is 5.83. The molecule has 0 N–H and O–H groups in total. The van der Waals surface area contributed by atoms with Gasteiger partial charge in [0, 0.05) is 12.1 Å². The van der Waals surface area contributed by atoms with Gasteiger partial charge >= 0.3 is 0 Å². The van der Waals surface area contributed by atoms with E-state index >= 15 is 0 Å². The van der Waals surface area contributed by atoms with Crippen LogP contribution >= 0.6 is 15.9 Å². The van der Waals surface area contributed by atoms with Crippen LogP contribution in [0.5, 0.6) is 5.75 Å². The Morgan fingerprint density at radius 3 is 2.50 bits per heavy atom. The predicted molar refractivity (Wildman–Crippen MR) is 88.4 cm³/mol. The highest BCUT2D eigenvalue weighted by Crippen LogP contribution is 2.29. The minimum absolute atomic E-state index is 0.00174. The molecule has 0 aliphatic heterocycles. The summed E-state index contributed by atoms with van der Waals surface area (Å²) in [6.07, 6.45) is 3.90. The van der Waals surface area contributed by atoms with Crippen LogP contribution in [-0.2, 0) is 4.79 Å². The second kappa shape index (κ2) is 7.44. The molecule has 1 fully saturated rings. The Morgan fingerprint density at radius 1 is 1.32 bits per heavy atom. The Hall–Kier alpha value is -1.10. The first-order chi connectivity index (χ1) is 10.4. The molecule has 22 heavy (non-hydrogen) atoms. The first-order valence-corrected chi connectivity index (χ1v) is 8.63. The Bertz CT molecular complexity index is 529. The highest BCUT2D eigenvalue weighted by Gasteiger charge is 2.32. The van der Waals surface area contributed by atoms with E-state index in [1.807, 2.05) is 18.7 Å². The predicted octanol–water partition coefficient (Wildman–Crippen LogP) is 4.54. The highest BCUT2D eigenvalue weighted by atomic mass is 79.9. The zero-order valence-electron chi connectivity index (χ0n) is 13.3. The van der Waals surface area contributed by atoms with Gasteiger partial charge in [0.2, 0.25) is 0 Å². The maximum atomic E-state index is 13.1. The molecule has 3 nitrogen and oxygen atoms in total. The standard InChI is InChI=1S/C17H23BrFNO2/c1-11(2)20(14-6-4-5-7-14)17(21)12(3)22-16-9-8-13(19)10-15(16)18/h8-12,14H,4-7H2,1-3H3. The van der Waals surface area contributed by atoms with Crippen LogP contribution in [-0.4, -0.2) is 29.0 Å². The van der Waals surface area contributed by atoms with E-state index in [2.05, 4.69) is 15.9 Å². The van der Waals surface area contributed by atoms with Crippen molar-refractivity contribution in [3.63, 3.8) is 0 Å². The number of hydrogen-bond donors (Lipinski definition) is 0. The lowest BCUT2D eigenvalue weighted by Crippen LogP contribution is -2.49. The third-order valence-electron chi connectivity index (χ3n) is 4.07. The number of benzene rings is 1. The normalized spacial score (nSPS) is 16.8. The number of carbonyl (C=O) groups is 1. The van der Waals surface area contributed by atoms with Crippen molar-refractivity contribution in [1.29, 1.82) is 0 Å². The molecule has 1 aromatic carbocycles.